The summed E-state index contributed by atoms with van der Waals surface area (Å²) in [4.78, 5) is 0. The van der Waals surface area contributed by atoms with Crippen molar-refractivity contribution in [2.45, 2.75) is 58.8 Å². The van der Waals surface area contributed by atoms with Crippen LogP contribution in [0.2, 0.25) is 0 Å². The first kappa shape index (κ1) is 12.5. The van der Waals surface area contributed by atoms with Crippen LogP contribution < -0.4 is 0 Å². The zero-order valence-corrected chi connectivity index (χ0v) is 10.4. The van der Waals surface area contributed by atoms with Crippen molar-refractivity contribution in [2.75, 3.05) is 0 Å². The summed E-state index contributed by atoms with van der Waals surface area (Å²) in [5.74, 6) is 1.80. The van der Waals surface area contributed by atoms with Crippen LogP contribution in [0.3, 0.4) is 0 Å². The Bertz CT molecular complexity index is 200. The lowest BCUT2D eigenvalue weighted by atomic mass is 9.92. The van der Waals surface area contributed by atoms with E-state index >= 15 is 0 Å². The van der Waals surface area contributed by atoms with Crippen molar-refractivity contribution in [3.8, 4) is 0 Å². The predicted octanol–water partition coefficient (Wildman–Crippen LogP) is 5.12. The van der Waals surface area contributed by atoms with Crippen LogP contribution in [0.4, 0.5) is 0 Å². The molecule has 0 aromatic carbocycles. The van der Waals surface area contributed by atoms with Gasteiger partial charge >= 0.3 is 0 Å². The lowest BCUT2D eigenvalue weighted by Crippen LogP contribution is -2.03. The Morgan fingerprint density at radius 2 is 1.93 bits per heavy atom. The Balaban J connectivity index is 2.32. The van der Waals surface area contributed by atoms with E-state index in [1.807, 2.05) is 0 Å². The lowest BCUT2D eigenvalue weighted by Gasteiger charge is -2.13. The monoisotopic (exact) mass is 206 g/mol. The first-order valence-electron chi connectivity index (χ1n) is 6.70. The van der Waals surface area contributed by atoms with Crippen LogP contribution in [0.5, 0.6) is 0 Å². The molecule has 0 N–H and O–H groups in total. The molecule has 0 radical (unpaired) electrons. The van der Waals surface area contributed by atoms with E-state index in [1.54, 1.807) is 0 Å². The molecule has 15 heavy (non-hydrogen) atoms. The smallest absolute Gasteiger partial charge is 0.0202 e. The summed E-state index contributed by atoms with van der Waals surface area (Å²) in [5.41, 5.74) is 0. The minimum absolute atomic E-state index is 0.873. The normalized spacial score (nSPS) is 27.1. The van der Waals surface area contributed by atoms with Gasteiger partial charge in [-0.1, -0.05) is 51.0 Å². The molecule has 0 aromatic heterocycles. The maximum atomic E-state index is 2.49. The van der Waals surface area contributed by atoms with Crippen LogP contribution in [0, 0.1) is 11.8 Å². The number of unbranched alkanes of at least 4 members (excludes halogenated alkanes) is 1. The van der Waals surface area contributed by atoms with E-state index in [2.05, 4.69) is 38.2 Å². The topological polar surface area (TPSA) is 0 Å². The summed E-state index contributed by atoms with van der Waals surface area (Å²) in [6.07, 6.45) is 18.9. The van der Waals surface area contributed by atoms with Crippen LogP contribution in [-0.4, -0.2) is 0 Å². The van der Waals surface area contributed by atoms with Gasteiger partial charge in [-0.25, -0.2) is 0 Å². The van der Waals surface area contributed by atoms with Crippen molar-refractivity contribution in [3.63, 3.8) is 0 Å². The zero-order valence-electron chi connectivity index (χ0n) is 10.4. The summed E-state index contributed by atoms with van der Waals surface area (Å²) in [5, 5.41) is 0. The number of hydrogen-bond acceptors (Lipinski definition) is 0. The molecule has 0 aliphatic heterocycles. The molecule has 0 spiro atoms. The fourth-order valence-corrected chi connectivity index (χ4v) is 2.49. The quantitative estimate of drug-likeness (QED) is 0.529. The van der Waals surface area contributed by atoms with E-state index < -0.39 is 0 Å². The minimum Gasteiger partial charge on any atom is -0.0888 e. The van der Waals surface area contributed by atoms with Gasteiger partial charge in [0.15, 0.2) is 0 Å². The molecule has 0 heteroatoms. The van der Waals surface area contributed by atoms with Crippen molar-refractivity contribution in [1.29, 1.82) is 0 Å². The van der Waals surface area contributed by atoms with E-state index in [9.17, 15) is 0 Å². The van der Waals surface area contributed by atoms with Crippen LogP contribution in [-0.2, 0) is 0 Å². The Hall–Kier alpha value is -0.520. The molecule has 0 nitrogen and oxygen atoms in total. The van der Waals surface area contributed by atoms with Crippen molar-refractivity contribution >= 4 is 0 Å². The van der Waals surface area contributed by atoms with Crippen molar-refractivity contribution in [2.24, 2.45) is 11.8 Å². The molecule has 1 aliphatic carbocycles. The van der Waals surface area contributed by atoms with Gasteiger partial charge in [0.05, 0.1) is 0 Å². The Morgan fingerprint density at radius 1 is 1.07 bits per heavy atom. The molecule has 1 fully saturated rings. The van der Waals surface area contributed by atoms with E-state index in [0.29, 0.717) is 0 Å². The standard InChI is InChI=1S/C15H26/c1-3-5-7-10-14-12-9-13-15(14)11-8-6-4-2/h5,7-8,11,14-15H,3-4,6,9-10,12-13H2,1-2H3/b7-5-,11-8+/t14-,15?/m0/s1. The molecule has 0 saturated heterocycles. The molecule has 1 saturated carbocycles. The molecule has 0 aromatic rings. The number of hydrogen-bond donors (Lipinski definition) is 0. The van der Waals surface area contributed by atoms with Crippen molar-refractivity contribution in [1.82, 2.24) is 0 Å². The van der Waals surface area contributed by atoms with Crippen molar-refractivity contribution < 1.29 is 0 Å². The molecule has 1 rings (SSSR count). The fraction of sp³-hybridized carbons (Fsp3) is 0.733. The van der Waals surface area contributed by atoms with Gasteiger partial charge in [0.2, 0.25) is 0 Å². The fourth-order valence-electron chi connectivity index (χ4n) is 2.49. The lowest BCUT2D eigenvalue weighted by molar-refractivity contribution is 0.463. The Kier molecular flexibility index (Phi) is 6.47. The van der Waals surface area contributed by atoms with Gasteiger partial charge in [-0.05, 0) is 43.9 Å². The zero-order chi connectivity index (χ0) is 10.9. The maximum absolute atomic E-state index is 2.49. The predicted molar refractivity (Wildman–Crippen MR) is 68.9 cm³/mol. The third-order valence-electron chi connectivity index (χ3n) is 3.40. The third kappa shape index (κ3) is 4.68. The summed E-state index contributed by atoms with van der Waals surface area (Å²) < 4.78 is 0. The van der Waals surface area contributed by atoms with Gasteiger partial charge in [-0.3, -0.25) is 0 Å². The Morgan fingerprint density at radius 3 is 2.67 bits per heavy atom. The number of allylic oxidation sites excluding steroid dienone is 4. The summed E-state index contributed by atoms with van der Waals surface area (Å²) >= 11 is 0. The minimum atomic E-state index is 0.873. The van der Waals surface area contributed by atoms with E-state index in [1.165, 1.54) is 44.9 Å². The molecule has 0 amide bonds. The highest BCUT2D eigenvalue weighted by Crippen LogP contribution is 2.35. The van der Waals surface area contributed by atoms with Crippen LogP contribution in [0.25, 0.3) is 0 Å². The van der Waals surface area contributed by atoms with Gasteiger partial charge in [0.1, 0.15) is 0 Å². The highest BCUT2D eigenvalue weighted by Gasteiger charge is 2.23. The molecule has 86 valence electrons. The third-order valence-corrected chi connectivity index (χ3v) is 3.40. The first-order valence-corrected chi connectivity index (χ1v) is 6.70. The van der Waals surface area contributed by atoms with E-state index in [-0.39, 0.29) is 0 Å². The van der Waals surface area contributed by atoms with Gasteiger partial charge in [-0.15, -0.1) is 0 Å². The molecular formula is C15H26. The van der Waals surface area contributed by atoms with Crippen molar-refractivity contribution in [3.05, 3.63) is 24.3 Å². The highest BCUT2D eigenvalue weighted by molar-refractivity contribution is 4.97. The van der Waals surface area contributed by atoms with Crippen LogP contribution >= 0.6 is 0 Å². The molecule has 0 heterocycles. The second kappa shape index (κ2) is 7.73. The van der Waals surface area contributed by atoms with Gasteiger partial charge in [0.25, 0.3) is 0 Å². The maximum Gasteiger partial charge on any atom is -0.0202 e. The summed E-state index contributed by atoms with van der Waals surface area (Å²) in [6, 6.07) is 0. The summed E-state index contributed by atoms with van der Waals surface area (Å²) in [6.45, 7) is 4.46. The SMILES string of the molecule is CC/C=C\C[C@H]1CCCC1/C=C/CCC. The molecular weight excluding hydrogens is 180 g/mol. The average molecular weight is 206 g/mol. The van der Waals surface area contributed by atoms with Gasteiger partial charge in [0, 0.05) is 0 Å². The van der Waals surface area contributed by atoms with Crippen LogP contribution in [0.15, 0.2) is 24.3 Å². The van der Waals surface area contributed by atoms with Gasteiger partial charge < -0.3 is 0 Å². The molecule has 2 atom stereocenters. The van der Waals surface area contributed by atoms with Gasteiger partial charge in [-0.2, -0.15) is 0 Å². The highest BCUT2D eigenvalue weighted by atomic mass is 14.3. The molecule has 0 bridgehead atoms. The second-order valence-corrected chi connectivity index (χ2v) is 4.69. The average Bonchev–Trinajstić information content (AvgIpc) is 2.67. The first-order chi connectivity index (χ1) is 7.38. The molecule has 1 unspecified atom stereocenters. The summed E-state index contributed by atoms with van der Waals surface area (Å²) in [7, 11) is 0. The second-order valence-electron chi connectivity index (χ2n) is 4.69. The number of rotatable bonds is 6. The molecule has 1 aliphatic rings. The Labute approximate surface area is 95.5 Å². The van der Waals surface area contributed by atoms with Crippen LogP contribution in [0.1, 0.15) is 58.8 Å². The largest absolute Gasteiger partial charge is 0.0888 e. The van der Waals surface area contributed by atoms with E-state index in [4.69, 9.17) is 0 Å². The van der Waals surface area contributed by atoms with E-state index in [0.717, 1.165) is 11.8 Å².